The van der Waals surface area contributed by atoms with Crippen LogP contribution in [0, 0.1) is 11.8 Å². The lowest BCUT2D eigenvalue weighted by atomic mass is 9.77. The molecule has 0 bridgehead atoms. The van der Waals surface area contributed by atoms with Gasteiger partial charge in [-0.15, -0.1) is 0 Å². The minimum Gasteiger partial charge on any atom is -0.351 e. The molecule has 3 atom stereocenters. The number of hydrogen-bond acceptors (Lipinski definition) is 2. The Morgan fingerprint density at radius 2 is 2.00 bits per heavy atom. The summed E-state index contributed by atoms with van der Waals surface area (Å²) in [6, 6.07) is 0.325. The van der Waals surface area contributed by atoms with Crippen molar-refractivity contribution >= 4 is 5.91 Å². The molecule has 0 aromatic heterocycles. The van der Waals surface area contributed by atoms with E-state index in [0.717, 1.165) is 6.42 Å². The highest BCUT2D eigenvalue weighted by molar-refractivity contribution is 5.85. The zero-order valence-electron chi connectivity index (χ0n) is 11.8. The third kappa shape index (κ3) is 3.70. The molecular formula is C14H28N2O. The summed E-state index contributed by atoms with van der Waals surface area (Å²) in [5, 5.41) is 3.18. The molecule has 1 rings (SSSR count). The molecular weight excluding hydrogens is 212 g/mol. The smallest absolute Gasteiger partial charge is 0.240 e. The Labute approximate surface area is 106 Å². The molecule has 17 heavy (non-hydrogen) atoms. The summed E-state index contributed by atoms with van der Waals surface area (Å²) in [5.74, 6) is 1.25. The standard InChI is InChI=1S/C14H28N2O/c1-5-14(4,15)13(17)16-12-9-7-6-8-11(12)10(2)3/h10-12H,5-9,15H2,1-4H3,(H,16,17). The fraction of sp³-hybridized carbons (Fsp3) is 0.929. The molecule has 0 heterocycles. The van der Waals surface area contributed by atoms with Gasteiger partial charge in [0.1, 0.15) is 0 Å². The zero-order chi connectivity index (χ0) is 13.1. The van der Waals surface area contributed by atoms with Crippen molar-refractivity contribution in [1.29, 1.82) is 0 Å². The van der Waals surface area contributed by atoms with Crippen LogP contribution >= 0.6 is 0 Å². The fourth-order valence-electron chi connectivity index (χ4n) is 2.63. The number of rotatable bonds is 4. The third-order valence-corrected chi connectivity index (χ3v) is 4.25. The average Bonchev–Trinajstić information content (AvgIpc) is 2.29. The number of nitrogens with two attached hydrogens (primary N) is 1. The van der Waals surface area contributed by atoms with E-state index in [1.807, 2.05) is 13.8 Å². The van der Waals surface area contributed by atoms with Gasteiger partial charge < -0.3 is 11.1 Å². The largest absolute Gasteiger partial charge is 0.351 e. The highest BCUT2D eigenvalue weighted by Gasteiger charge is 2.33. The minimum atomic E-state index is -0.723. The summed E-state index contributed by atoms with van der Waals surface area (Å²) in [4.78, 5) is 12.1. The minimum absolute atomic E-state index is 0.0116. The van der Waals surface area contributed by atoms with Crippen molar-refractivity contribution in [3.63, 3.8) is 0 Å². The van der Waals surface area contributed by atoms with Crippen molar-refractivity contribution in [3.8, 4) is 0 Å². The van der Waals surface area contributed by atoms with E-state index in [9.17, 15) is 4.79 Å². The maximum atomic E-state index is 12.1. The first-order chi connectivity index (χ1) is 7.88. The van der Waals surface area contributed by atoms with E-state index in [2.05, 4.69) is 19.2 Å². The lowest BCUT2D eigenvalue weighted by molar-refractivity contribution is -0.127. The van der Waals surface area contributed by atoms with Crippen LogP contribution in [0.25, 0.3) is 0 Å². The van der Waals surface area contributed by atoms with Crippen LogP contribution in [0.2, 0.25) is 0 Å². The van der Waals surface area contributed by atoms with Gasteiger partial charge in [-0.1, -0.05) is 33.6 Å². The molecule has 1 aliphatic carbocycles. The van der Waals surface area contributed by atoms with Gasteiger partial charge in [-0.05, 0) is 38.0 Å². The quantitative estimate of drug-likeness (QED) is 0.793. The first kappa shape index (κ1) is 14.5. The summed E-state index contributed by atoms with van der Waals surface area (Å²) < 4.78 is 0. The van der Waals surface area contributed by atoms with E-state index in [1.54, 1.807) is 0 Å². The topological polar surface area (TPSA) is 55.1 Å². The van der Waals surface area contributed by atoms with Gasteiger partial charge in [0.15, 0.2) is 0 Å². The molecule has 1 fully saturated rings. The predicted octanol–water partition coefficient (Wildman–Crippen LogP) is 2.44. The average molecular weight is 240 g/mol. The number of carbonyl (C=O) groups is 1. The molecule has 3 unspecified atom stereocenters. The zero-order valence-corrected chi connectivity index (χ0v) is 11.8. The first-order valence-electron chi connectivity index (χ1n) is 6.98. The summed E-state index contributed by atoms with van der Waals surface area (Å²) in [5.41, 5.74) is 5.26. The van der Waals surface area contributed by atoms with E-state index >= 15 is 0 Å². The molecule has 0 radical (unpaired) electrons. The molecule has 100 valence electrons. The maximum absolute atomic E-state index is 12.1. The van der Waals surface area contributed by atoms with Crippen LogP contribution in [-0.4, -0.2) is 17.5 Å². The van der Waals surface area contributed by atoms with Gasteiger partial charge in [0, 0.05) is 6.04 Å². The van der Waals surface area contributed by atoms with Gasteiger partial charge in [-0.25, -0.2) is 0 Å². The Balaban J connectivity index is 2.62. The number of amides is 1. The van der Waals surface area contributed by atoms with Crippen LogP contribution < -0.4 is 11.1 Å². The highest BCUT2D eigenvalue weighted by atomic mass is 16.2. The maximum Gasteiger partial charge on any atom is 0.240 e. The van der Waals surface area contributed by atoms with Crippen molar-refractivity contribution in [2.45, 2.75) is 71.4 Å². The second-order valence-corrected chi connectivity index (χ2v) is 6.04. The van der Waals surface area contributed by atoms with Crippen LogP contribution in [-0.2, 0) is 4.79 Å². The van der Waals surface area contributed by atoms with Crippen LogP contribution in [0.1, 0.15) is 59.8 Å². The van der Waals surface area contributed by atoms with E-state index in [4.69, 9.17) is 5.73 Å². The molecule has 3 nitrogen and oxygen atoms in total. The summed E-state index contributed by atoms with van der Waals surface area (Å²) in [6.45, 7) is 8.27. The molecule has 0 saturated heterocycles. The highest BCUT2D eigenvalue weighted by Crippen LogP contribution is 2.30. The fourth-order valence-corrected chi connectivity index (χ4v) is 2.63. The van der Waals surface area contributed by atoms with Crippen LogP contribution in [0.15, 0.2) is 0 Å². The Bertz CT molecular complexity index is 261. The lowest BCUT2D eigenvalue weighted by Gasteiger charge is -2.36. The molecule has 1 aliphatic rings. The first-order valence-corrected chi connectivity index (χ1v) is 6.98. The number of carbonyl (C=O) groups excluding carboxylic acids is 1. The molecule has 3 N–H and O–H groups in total. The SMILES string of the molecule is CCC(C)(N)C(=O)NC1CCCCC1C(C)C. The molecule has 3 heteroatoms. The predicted molar refractivity (Wildman–Crippen MR) is 71.6 cm³/mol. The van der Waals surface area contributed by atoms with Gasteiger partial charge in [-0.3, -0.25) is 4.79 Å². The summed E-state index contributed by atoms with van der Waals surface area (Å²) in [6.07, 6.45) is 5.53. The lowest BCUT2D eigenvalue weighted by Crippen LogP contribution is -2.56. The second-order valence-electron chi connectivity index (χ2n) is 6.04. The van der Waals surface area contributed by atoms with Crippen molar-refractivity contribution in [1.82, 2.24) is 5.32 Å². The third-order valence-electron chi connectivity index (χ3n) is 4.25. The van der Waals surface area contributed by atoms with Gasteiger partial charge in [0.05, 0.1) is 5.54 Å². The molecule has 0 spiro atoms. The molecule has 1 amide bonds. The summed E-state index contributed by atoms with van der Waals surface area (Å²) >= 11 is 0. The van der Waals surface area contributed by atoms with E-state index < -0.39 is 5.54 Å². The van der Waals surface area contributed by atoms with E-state index in [0.29, 0.717) is 24.3 Å². The van der Waals surface area contributed by atoms with Gasteiger partial charge in [0.25, 0.3) is 0 Å². The Morgan fingerprint density at radius 1 is 1.41 bits per heavy atom. The van der Waals surface area contributed by atoms with Crippen LogP contribution in [0.4, 0.5) is 0 Å². The molecule has 0 aromatic rings. The monoisotopic (exact) mass is 240 g/mol. The van der Waals surface area contributed by atoms with Gasteiger partial charge in [-0.2, -0.15) is 0 Å². The van der Waals surface area contributed by atoms with E-state index in [1.165, 1.54) is 19.3 Å². The molecule has 0 aromatic carbocycles. The summed E-state index contributed by atoms with van der Waals surface area (Å²) in [7, 11) is 0. The molecule has 1 saturated carbocycles. The van der Waals surface area contributed by atoms with Crippen molar-refractivity contribution < 1.29 is 4.79 Å². The second kappa shape index (κ2) is 5.85. The van der Waals surface area contributed by atoms with Crippen molar-refractivity contribution in [2.24, 2.45) is 17.6 Å². The number of nitrogens with one attached hydrogen (secondary N) is 1. The van der Waals surface area contributed by atoms with Crippen LogP contribution in [0.3, 0.4) is 0 Å². The van der Waals surface area contributed by atoms with Crippen LogP contribution in [0.5, 0.6) is 0 Å². The van der Waals surface area contributed by atoms with E-state index in [-0.39, 0.29) is 5.91 Å². The molecule has 0 aliphatic heterocycles. The Hall–Kier alpha value is -0.570. The number of hydrogen-bond donors (Lipinski definition) is 2. The van der Waals surface area contributed by atoms with Gasteiger partial charge in [0.2, 0.25) is 5.91 Å². The van der Waals surface area contributed by atoms with Crippen molar-refractivity contribution in [3.05, 3.63) is 0 Å². The Kier molecular flexibility index (Phi) is 4.99. The Morgan fingerprint density at radius 3 is 2.53 bits per heavy atom. The van der Waals surface area contributed by atoms with Gasteiger partial charge >= 0.3 is 0 Å². The van der Waals surface area contributed by atoms with Crippen molar-refractivity contribution in [2.75, 3.05) is 0 Å². The normalized spacial score (nSPS) is 28.8.